The molecule has 9 heteroatoms. The smallest absolute Gasteiger partial charge is 0.313 e. The normalized spacial score (nSPS) is 19.4. The van der Waals surface area contributed by atoms with Crippen LogP contribution in [0.25, 0.3) is 10.2 Å². The van der Waals surface area contributed by atoms with Gasteiger partial charge < -0.3 is 20.9 Å². The minimum atomic E-state index is -0.613. The third kappa shape index (κ3) is 8.79. The van der Waals surface area contributed by atoms with Crippen molar-refractivity contribution in [2.45, 2.75) is 46.5 Å². The predicted octanol–water partition coefficient (Wildman–Crippen LogP) is 4.68. The monoisotopic (exact) mass is 524 g/mol. The van der Waals surface area contributed by atoms with E-state index < -0.39 is 11.8 Å². The van der Waals surface area contributed by atoms with Crippen molar-refractivity contribution in [1.82, 2.24) is 19.8 Å². The van der Waals surface area contributed by atoms with Gasteiger partial charge in [-0.1, -0.05) is 32.9 Å². The molecule has 200 valence electrons. The molecule has 2 saturated heterocycles. The molecule has 1 aromatic carbocycles. The number of para-hydroxylation sites is 1. The van der Waals surface area contributed by atoms with Crippen LogP contribution in [-0.4, -0.2) is 64.8 Å². The Morgan fingerprint density at radius 1 is 1.11 bits per heavy atom. The molecule has 5 rings (SSSR count). The first-order valence-corrected chi connectivity index (χ1v) is 14.0. The Hall–Kier alpha value is -3.04. The molecule has 2 fully saturated rings. The molecular weight excluding hydrogens is 484 g/mol. The van der Waals surface area contributed by atoms with Crippen LogP contribution in [0.5, 0.6) is 0 Å². The lowest BCUT2D eigenvalue weighted by atomic mass is 10.0. The predicted molar refractivity (Wildman–Crippen MR) is 153 cm³/mol. The summed E-state index contributed by atoms with van der Waals surface area (Å²) in [4.78, 5) is 36.3. The number of fused-ring (bicyclic) bond motifs is 1. The molecule has 2 unspecified atom stereocenters. The van der Waals surface area contributed by atoms with Crippen molar-refractivity contribution in [1.29, 1.82) is 0 Å². The number of aryl methyl sites for hydroxylation is 1. The van der Waals surface area contributed by atoms with Gasteiger partial charge in [0.25, 0.3) is 0 Å². The Balaban J connectivity index is 0.000000192. The van der Waals surface area contributed by atoms with Crippen LogP contribution in [0.3, 0.4) is 0 Å². The fourth-order valence-electron chi connectivity index (χ4n) is 4.53. The number of hydrogen-bond acceptors (Lipinski definition) is 7. The van der Waals surface area contributed by atoms with Crippen LogP contribution in [-0.2, 0) is 16.0 Å². The summed E-state index contributed by atoms with van der Waals surface area (Å²) in [5.41, 5.74) is 10.0. The molecule has 0 spiro atoms. The van der Waals surface area contributed by atoms with Gasteiger partial charge in [0.1, 0.15) is 5.82 Å². The summed E-state index contributed by atoms with van der Waals surface area (Å²) < 4.78 is 1.26. The second-order valence-corrected chi connectivity index (χ2v) is 10.9. The van der Waals surface area contributed by atoms with E-state index in [4.69, 9.17) is 5.73 Å². The second-order valence-electron chi connectivity index (χ2n) is 10.1. The van der Waals surface area contributed by atoms with Crippen LogP contribution in [0.4, 0.5) is 11.5 Å². The van der Waals surface area contributed by atoms with E-state index in [1.807, 2.05) is 30.6 Å². The van der Waals surface area contributed by atoms with E-state index in [2.05, 4.69) is 47.1 Å². The quantitative estimate of drug-likeness (QED) is 0.472. The van der Waals surface area contributed by atoms with Gasteiger partial charge in [-0.15, -0.1) is 11.3 Å². The first kappa shape index (κ1) is 28.5. The summed E-state index contributed by atoms with van der Waals surface area (Å²) in [6.07, 6.45) is 5.64. The number of carbonyl (C=O) groups is 2. The number of nitrogen functional groups attached to an aromatic ring is 1. The van der Waals surface area contributed by atoms with Crippen LogP contribution in [0, 0.1) is 11.8 Å². The summed E-state index contributed by atoms with van der Waals surface area (Å²) >= 11 is 1.68. The fourth-order valence-corrected chi connectivity index (χ4v) is 5.21. The highest BCUT2D eigenvalue weighted by Gasteiger charge is 2.26. The standard InChI is InChI=1S/C15H22N4O2.C7H5NS.C6H13N/c1-3-11-7-12(8-17-13(11)16)18-14(20)15(21)19-6-4-5-10(2)9-19;1-2-4-7-6(3-1)8-5-9-7;1-6-3-4-7(2)5-6/h7-8,10H,3-6,9H2,1-2H3,(H2,16,17)(H,18,20);1-5H;6H,3-5H2,1-2H3. The first-order chi connectivity index (χ1) is 17.8. The van der Waals surface area contributed by atoms with Gasteiger partial charge in [-0.3, -0.25) is 9.59 Å². The molecule has 2 atom stereocenters. The molecule has 3 aromatic rings. The molecule has 37 heavy (non-hydrogen) atoms. The number of nitrogens with one attached hydrogen (secondary N) is 1. The van der Waals surface area contributed by atoms with Gasteiger partial charge in [-0.2, -0.15) is 0 Å². The van der Waals surface area contributed by atoms with Crippen molar-refractivity contribution in [2.24, 2.45) is 11.8 Å². The lowest BCUT2D eigenvalue weighted by molar-refractivity contribution is -0.144. The highest BCUT2D eigenvalue weighted by atomic mass is 32.1. The Labute approximate surface area is 224 Å². The molecule has 3 N–H and O–H groups in total. The van der Waals surface area contributed by atoms with Gasteiger partial charge in [-0.05, 0) is 74.9 Å². The van der Waals surface area contributed by atoms with E-state index in [1.165, 1.54) is 30.4 Å². The maximum atomic E-state index is 12.1. The van der Waals surface area contributed by atoms with Gasteiger partial charge >= 0.3 is 11.8 Å². The summed E-state index contributed by atoms with van der Waals surface area (Å²) in [6.45, 7) is 10.3. The number of piperidine rings is 1. The lowest BCUT2D eigenvalue weighted by Crippen LogP contribution is -2.44. The van der Waals surface area contributed by atoms with Crippen molar-refractivity contribution >= 4 is 44.9 Å². The number of hydrogen-bond donors (Lipinski definition) is 2. The minimum absolute atomic E-state index is 0.445. The number of nitrogens with two attached hydrogens (primary N) is 1. The Bertz CT molecular complexity index is 1130. The van der Waals surface area contributed by atoms with E-state index in [9.17, 15) is 9.59 Å². The fraction of sp³-hybridized carbons (Fsp3) is 0.500. The average molecular weight is 525 g/mol. The number of likely N-dealkylation sites (tertiary alicyclic amines) is 2. The maximum Gasteiger partial charge on any atom is 0.313 e. The Kier molecular flexibility index (Phi) is 10.8. The number of carbonyl (C=O) groups excluding carboxylic acids is 2. The molecule has 8 nitrogen and oxygen atoms in total. The summed E-state index contributed by atoms with van der Waals surface area (Å²) in [5, 5.41) is 2.61. The van der Waals surface area contributed by atoms with Crippen molar-refractivity contribution in [3.05, 3.63) is 47.6 Å². The third-order valence-electron chi connectivity index (χ3n) is 6.64. The molecule has 0 bridgehead atoms. The van der Waals surface area contributed by atoms with Gasteiger partial charge in [0.2, 0.25) is 0 Å². The number of benzene rings is 1. The van der Waals surface area contributed by atoms with E-state index in [0.29, 0.717) is 30.5 Å². The first-order valence-electron chi connectivity index (χ1n) is 13.1. The highest BCUT2D eigenvalue weighted by Crippen LogP contribution is 2.18. The van der Waals surface area contributed by atoms with Crippen molar-refractivity contribution in [3.8, 4) is 0 Å². The highest BCUT2D eigenvalue weighted by molar-refractivity contribution is 7.16. The van der Waals surface area contributed by atoms with Crippen LogP contribution in [0.15, 0.2) is 42.0 Å². The topological polar surface area (TPSA) is 104 Å². The second kappa shape index (κ2) is 14.0. The average Bonchev–Trinajstić information content (AvgIpc) is 3.53. The number of anilines is 2. The number of pyridine rings is 1. The number of amides is 2. The number of aromatic nitrogens is 2. The molecule has 2 aliphatic rings. The Morgan fingerprint density at radius 2 is 1.86 bits per heavy atom. The zero-order valence-corrected chi connectivity index (χ0v) is 23.3. The molecule has 0 saturated carbocycles. The summed E-state index contributed by atoms with van der Waals surface area (Å²) in [5.74, 6) is 0.756. The molecule has 2 amide bonds. The molecule has 4 heterocycles. The van der Waals surface area contributed by atoms with Gasteiger partial charge in [0.05, 0.1) is 27.6 Å². The minimum Gasteiger partial charge on any atom is -0.383 e. The van der Waals surface area contributed by atoms with Crippen LogP contribution in [0.1, 0.15) is 45.6 Å². The van der Waals surface area contributed by atoms with Gasteiger partial charge in [0, 0.05) is 19.6 Å². The number of nitrogens with zero attached hydrogens (tertiary/aromatic N) is 4. The maximum absolute atomic E-state index is 12.1. The van der Waals surface area contributed by atoms with Crippen LogP contribution in [0.2, 0.25) is 0 Å². The third-order valence-corrected chi connectivity index (χ3v) is 7.45. The molecule has 2 aliphatic heterocycles. The SMILES string of the molecule is CC1CCN(C)C1.CCc1cc(NC(=O)C(=O)N2CCCC(C)C2)cnc1N.c1ccc2scnc2c1. The van der Waals surface area contributed by atoms with E-state index in [0.717, 1.165) is 36.3 Å². The zero-order chi connectivity index (χ0) is 26.8. The van der Waals surface area contributed by atoms with Gasteiger partial charge in [0.15, 0.2) is 0 Å². The lowest BCUT2D eigenvalue weighted by Gasteiger charge is -2.30. The van der Waals surface area contributed by atoms with Gasteiger partial charge in [-0.25, -0.2) is 9.97 Å². The molecular formula is C28H40N6O2S. The van der Waals surface area contributed by atoms with Crippen molar-refractivity contribution < 1.29 is 9.59 Å². The summed E-state index contributed by atoms with van der Waals surface area (Å²) in [6, 6.07) is 9.88. The van der Waals surface area contributed by atoms with E-state index in [1.54, 1.807) is 22.3 Å². The van der Waals surface area contributed by atoms with Crippen molar-refractivity contribution in [2.75, 3.05) is 44.3 Å². The van der Waals surface area contributed by atoms with E-state index >= 15 is 0 Å². The summed E-state index contributed by atoms with van der Waals surface area (Å²) in [7, 11) is 2.18. The largest absolute Gasteiger partial charge is 0.383 e. The number of rotatable bonds is 2. The van der Waals surface area contributed by atoms with Crippen LogP contribution >= 0.6 is 11.3 Å². The Morgan fingerprint density at radius 3 is 2.49 bits per heavy atom. The van der Waals surface area contributed by atoms with Crippen molar-refractivity contribution in [3.63, 3.8) is 0 Å². The van der Waals surface area contributed by atoms with E-state index in [-0.39, 0.29) is 0 Å². The number of thiazole rings is 1. The molecule has 0 radical (unpaired) electrons. The zero-order valence-electron chi connectivity index (χ0n) is 22.4. The molecule has 0 aliphatic carbocycles. The van der Waals surface area contributed by atoms with Crippen LogP contribution < -0.4 is 11.1 Å². The molecule has 2 aromatic heterocycles.